The fraction of sp³-hybridized carbons (Fsp3) is 0.207. The topological polar surface area (TPSA) is 146 Å². The Bertz CT molecular complexity index is 1340. The average molecular weight is 514 g/mol. The molecule has 3 rings (SSSR count). The minimum Gasteiger partial charge on any atom is -0.339 e. The van der Waals surface area contributed by atoms with E-state index >= 15 is 0 Å². The molecule has 0 spiro atoms. The summed E-state index contributed by atoms with van der Waals surface area (Å²) in [7, 11) is 0. The third kappa shape index (κ3) is 8.28. The SMILES string of the molecule is Cc1ccc(CNCC(=O)Nc2ccc(C#Cc3ccc(C(=O)N[C@@H](CN)C(=O)NO)cc3)cc2)cc1C. The standard InChI is InChI=1S/C29H31N5O4/c1-19-3-4-23(15-20(19)2)17-31-18-27(35)32-25-13-9-22(10-14-25)6-5-21-7-11-24(12-8-21)28(36)33-26(16-30)29(37)34-38/h3-4,7-15,26,31,38H,16-18,30H2,1-2H3,(H,32,35)(H,33,36)(H,34,37)/t26-/m0/s1. The van der Waals surface area contributed by atoms with Gasteiger partial charge >= 0.3 is 0 Å². The van der Waals surface area contributed by atoms with E-state index in [0.717, 1.165) is 11.1 Å². The number of carbonyl (C=O) groups excluding carboxylic acids is 3. The molecule has 0 heterocycles. The molecule has 3 aromatic carbocycles. The van der Waals surface area contributed by atoms with Gasteiger partial charge in [-0.25, -0.2) is 5.48 Å². The summed E-state index contributed by atoms with van der Waals surface area (Å²) >= 11 is 0. The summed E-state index contributed by atoms with van der Waals surface area (Å²) < 4.78 is 0. The number of aryl methyl sites for hydroxylation is 2. The highest BCUT2D eigenvalue weighted by atomic mass is 16.5. The zero-order valence-corrected chi connectivity index (χ0v) is 21.3. The average Bonchev–Trinajstić information content (AvgIpc) is 2.93. The molecule has 3 amide bonds. The van der Waals surface area contributed by atoms with Crippen LogP contribution in [0.4, 0.5) is 5.69 Å². The number of hydroxylamine groups is 1. The normalized spacial score (nSPS) is 11.1. The van der Waals surface area contributed by atoms with Gasteiger partial charge in [-0.1, -0.05) is 30.0 Å². The van der Waals surface area contributed by atoms with Crippen LogP contribution in [0.3, 0.4) is 0 Å². The van der Waals surface area contributed by atoms with Crippen molar-refractivity contribution in [1.29, 1.82) is 0 Å². The van der Waals surface area contributed by atoms with Gasteiger partial charge in [0.1, 0.15) is 6.04 Å². The van der Waals surface area contributed by atoms with Crippen molar-refractivity contribution >= 4 is 23.4 Å². The van der Waals surface area contributed by atoms with Crippen LogP contribution in [0.5, 0.6) is 0 Å². The lowest BCUT2D eigenvalue weighted by molar-refractivity contribution is -0.130. The molecule has 0 saturated carbocycles. The van der Waals surface area contributed by atoms with Crippen LogP contribution in [0, 0.1) is 25.7 Å². The van der Waals surface area contributed by atoms with Gasteiger partial charge in [0.2, 0.25) is 5.91 Å². The van der Waals surface area contributed by atoms with Crippen LogP contribution >= 0.6 is 0 Å². The van der Waals surface area contributed by atoms with E-state index < -0.39 is 17.9 Å². The molecule has 7 N–H and O–H groups in total. The molecular weight excluding hydrogens is 482 g/mol. The molecule has 38 heavy (non-hydrogen) atoms. The van der Waals surface area contributed by atoms with Crippen LogP contribution < -0.4 is 27.2 Å². The summed E-state index contributed by atoms with van der Waals surface area (Å²) in [6.45, 7) is 4.80. The second-order valence-corrected chi connectivity index (χ2v) is 8.71. The Kier molecular flexibility index (Phi) is 10.1. The van der Waals surface area contributed by atoms with Crippen LogP contribution in [0.15, 0.2) is 66.7 Å². The lowest BCUT2D eigenvalue weighted by Gasteiger charge is -2.14. The first-order valence-corrected chi connectivity index (χ1v) is 12.0. The van der Waals surface area contributed by atoms with Crippen molar-refractivity contribution in [2.75, 3.05) is 18.4 Å². The molecule has 0 radical (unpaired) electrons. The lowest BCUT2D eigenvalue weighted by Crippen LogP contribution is -2.50. The minimum atomic E-state index is -1.04. The van der Waals surface area contributed by atoms with Gasteiger partial charge in [0, 0.05) is 35.5 Å². The van der Waals surface area contributed by atoms with Crippen molar-refractivity contribution in [3.8, 4) is 11.8 Å². The fourth-order valence-corrected chi connectivity index (χ4v) is 3.48. The van der Waals surface area contributed by atoms with E-state index in [2.05, 4.69) is 59.8 Å². The zero-order chi connectivity index (χ0) is 27.5. The second kappa shape index (κ2) is 13.7. The molecule has 3 aromatic rings. The molecule has 0 aromatic heterocycles. The van der Waals surface area contributed by atoms with Crippen molar-refractivity contribution in [3.05, 3.63) is 100 Å². The van der Waals surface area contributed by atoms with Crippen LogP contribution in [-0.2, 0) is 16.1 Å². The molecule has 0 saturated heterocycles. The molecule has 0 aliphatic rings. The number of benzene rings is 3. The highest BCUT2D eigenvalue weighted by Gasteiger charge is 2.19. The summed E-state index contributed by atoms with van der Waals surface area (Å²) in [5.74, 6) is 4.64. The molecule has 9 nitrogen and oxygen atoms in total. The maximum Gasteiger partial charge on any atom is 0.267 e. The van der Waals surface area contributed by atoms with Crippen molar-refractivity contribution in [2.45, 2.75) is 26.4 Å². The molecule has 9 heteroatoms. The maximum absolute atomic E-state index is 12.3. The Morgan fingerprint density at radius 2 is 1.53 bits per heavy atom. The molecule has 0 unspecified atom stereocenters. The van der Waals surface area contributed by atoms with E-state index in [1.54, 1.807) is 36.4 Å². The van der Waals surface area contributed by atoms with E-state index in [1.807, 2.05) is 12.1 Å². The second-order valence-electron chi connectivity index (χ2n) is 8.71. The van der Waals surface area contributed by atoms with Crippen LogP contribution in [0.2, 0.25) is 0 Å². The van der Waals surface area contributed by atoms with E-state index in [1.165, 1.54) is 16.6 Å². The molecule has 1 atom stereocenters. The highest BCUT2D eigenvalue weighted by Crippen LogP contribution is 2.11. The zero-order valence-electron chi connectivity index (χ0n) is 21.3. The minimum absolute atomic E-state index is 0.133. The van der Waals surface area contributed by atoms with E-state index in [-0.39, 0.29) is 19.0 Å². The molecule has 0 fully saturated rings. The van der Waals surface area contributed by atoms with Crippen LogP contribution in [-0.4, -0.2) is 42.1 Å². The Morgan fingerprint density at radius 3 is 2.11 bits per heavy atom. The number of anilines is 1. The molecular formula is C29H31N5O4. The van der Waals surface area contributed by atoms with E-state index in [0.29, 0.717) is 23.4 Å². The number of hydrogen-bond acceptors (Lipinski definition) is 6. The number of carbonyl (C=O) groups is 3. The van der Waals surface area contributed by atoms with Crippen molar-refractivity contribution < 1.29 is 19.6 Å². The van der Waals surface area contributed by atoms with E-state index in [9.17, 15) is 14.4 Å². The molecule has 0 aliphatic heterocycles. The summed E-state index contributed by atoms with van der Waals surface area (Å²) in [5, 5.41) is 17.2. The number of hydrogen-bond donors (Lipinski definition) is 6. The Balaban J connectivity index is 1.49. The summed E-state index contributed by atoms with van der Waals surface area (Å²) in [6, 6.07) is 18.9. The van der Waals surface area contributed by atoms with Gasteiger partial charge in [0.05, 0.1) is 6.54 Å². The predicted molar refractivity (Wildman–Crippen MR) is 145 cm³/mol. The first kappa shape index (κ1) is 28.1. The van der Waals surface area contributed by atoms with E-state index in [4.69, 9.17) is 10.9 Å². The third-order valence-corrected chi connectivity index (χ3v) is 5.82. The maximum atomic E-state index is 12.3. The van der Waals surface area contributed by atoms with Gasteiger partial charge in [0.25, 0.3) is 11.8 Å². The monoisotopic (exact) mass is 513 g/mol. The lowest BCUT2D eigenvalue weighted by atomic mass is 10.1. The van der Waals surface area contributed by atoms with Crippen molar-refractivity contribution in [2.24, 2.45) is 5.73 Å². The summed E-state index contributed by atoms with van der Waals surface area (Å²) in [6.07, 6.45) is 0. The Labute approximate surface area is 221 Å². The third-order valence-electron chi connectivity index (χ3n) is 5.82. The first-order valence-electron chi connectivity index (χ1n) is 12.0. The number of rotatable bonds is 9. The van der Waals surface area contributed by atoms with Gasteiger partial charge in [-0.3, -0.25) is 19.6 Å². The Morgan fingerprint density at radius 1 is 0.895 bits per heavy atom. The Hall–Kier alpha value is -4.49. The molecule has 0 bridgehead atoms. The molecule has 0 aliphatic carbocycles. The van der Waals surface area contributed by atoms with Gasteiger partial charge in [-0.15, -0.1) is 0 Å². The van der Waals surface area contributed by atoms with Gasteiger partial charge in [-0.2, -0.15) is 0 Å². The summed E-state index contributed by atoms with van der Waals surface area (Å²) in [4.78, 5) is 36.0. The fourth-order valence-electron chi connectivity index (χ4n) is 3.48. The summed E-state index contributed by atoms with van der Waals surface area (Å²) in [5.41, 5.74) is 13.0. The highest BCUT2D eigenvalue weighted by molar-refractivity contribution is 5.97. The number of amides is 3. The van der Waals surface area contributed by atoms with Crippen LogP contribution in [0.1, 0.15) is 38.2 Å². The number of nitrogens with two attached hydrogens (primary N) is 1. The molecule has 196 valence electrons. The van der Waals surface area contributed by atoms with Crippen molar-refractivity contribution in [3.63, 3.8) is 0 Å². The van der Waals surface area contributed by atoms with Crippen LogP contribution in [0.25, 0.3) is 0 Å². The smallest absolute Gasteiger partial charge is 0.267 e. The largest absolute Gasteiger partial charge is 0.339 e. The number of nitrogens with one attached hydrogen (secondary N) is 4. The van der Waals surface area contributed by atoms with Gasteiger partial charge < -0.3 is 21.7 Å². The quantitative estimate of drug-likeness (QED) is 0.147. The predicted octanol–water partition coefficient (Wildman–Crippen LogP) is 1.99. The van der Waals surface area contributed by atoms with Gasteiger partial charge in [-0.05, 0) is 79.1 Å². The van der Waals surface area contributed by atoms with Gasteiger partial charge in [0.15, 0.2) is 0 Å². The first-order chi connectivity index (χ1) is 18.3. The van der Waals surface area contributed by atoms with Crippen molar-refractivity contribution in [1.82, 2.24) is 16.1 Å².